The van der Waals surface area contributed by atoms with Gasteiger partial charge in [0.25, 0.3) is 0 Å². The molecule has 6 aromatic carbocycles. The van der Waals surface area contributed by atoms with Gasteiger partial charge in [-0.3, -0.25) is 4.98 Å². The van der Waals surface area contributed by atoms with Crippen molar-refractivity contribution >= 4 is 33.0 Å². The van der Waals surface area contributed by atoms with Crippen molar-refractivity contribution in [3.63, 3.8) is 0 Å². The number of para-hydroxylation sites is 3. The molecule has 1 aliphatic rings. The Morgan fingerprint density at radius 3 is 2.28 bits per heavy atom. The minimum Gasteiger partial charge on any atom is -0.501 e. The van der Waals surface area contributed by atoms with Crippen LogP contribution in [-0.2, 0) is 26.5 Å². The second-order valence-electron chi connectivity index (χ2n) is 14.0. The first-order valence-electron chi connectivity index (χ1n) is 19.8. The fraction of sp³-hybridized carbons (Fsp3) is 0.125. The van der Waals surface area contributed by atoms with Crippen LogP contribution in [0, 0.1) is 24.4 Å². The fourth-order valence-corrected chi connectivity index (χ4v) is 7.11. The van der Waals surface area contributed by atoms with Crippen LogP contribution in [0.25, 0.3) is 83.6 Å². The van der Waals surface area contributed by atoms with E-state index in [0.717, 1.165) is 50.0 Å². The molecule has 0 N–H and O–H groups in total. The molecule has 261 valence electrons. The molecule has 0 aliphatic carbocycles. The largest absolute Gasteiger partial charge is 0.501 e. The molecular weight excluding hydrogens is 827 g/mol. The van der Waals surface area contributed by atoms with E-state index in [1.165, 1.54) is 28.5 Å². The summed E-state index contributed by atoms with van der Waals surface area (Å²) in [6, 6.07) is 51.1. The minimum atomic E-state index is -2.42. The number of aromatic nitrogens is 3. The maximum atomic E-state index is 8.48. The average molecular weight is 869 g/mol. The number of hydrogen-bond donors (Lipinski definition) is 0. The Morgan fingerprint density at radius 2 is 1.49 bits per heavy atom. The van der Waals surface area contributed by atoms with Gasteiger partial charge in [0.15, 0.2) is 0 Å². The Morgan fingerprint density at radius 1 is 0.755 bits per heavy atom. The van der Waals surface area contributed by atoms with Gasteiger partial charge in [-0.05, 0) is 59.2 Å². The summed E-state index contributed by atoms with van der Waals surface area (Å²) in [6.07, 6.45) is -0.550. The first kappa shape index (κ1) is 28.9. The predicted molar refractivity (Wildman–Crippen MR) is 213 cm³/mol. The summed E-state index contributed by atoms with van der Waals surface area (Å²) < 4.78 is 48.7. The Labute approximate surface area is 330 Å². The van der Waals surface area contributed by atoms with Crippen molar-refractivity contribution in [3.05, 3.63) is 163 Å². The van der Waals surface area contributed by atoms with Crippen molar-refractivity contribution in [1.82, 2.24) is 14.5 Å². The second kappa shape index (κ2) is 13.7. The average Bonchev–Trinajstić information content (AvgIpc) is 3.76. The molecule has 4 nitrogen and oxygen atoms in total. The molecule has 9 aromatic rings. The number of pyridine rings is 1. The number of furan rings is 1. The van der Waals surface area contributed by atoms with Crippen molar-refractivity contribution < 1.29 is 31.4 Å². The van der Waals surface area contributed by atoms with Gasteiger partial charge >= 0.3 is 0 Å². The normalized spacial score (nSPS) is 13.6. The van der Waals surface area contributed by atoms with E-state index in [-0.39, 0.29) is 31.2 Å². The SMILES string of the molecule is [2H]C([2H])([2H])c1cnc(-c2[c-]cccc2)cc1C([2H])([2H])C(C)(C)C.[Ir].[c-]1ccc2c(oc3ccccc32)c1-c1nc2cccc3c2n1-c1ccccc1-c1ccccc1-3. The summed E-state index contributed by atoms with van der Waals surface area (Å²) in [4.78, 5) is 9.37. The molecule has 0 fully saturated rings. The molecular formula is C48H37IrN3O-2. The topological polar surface area (TPSA) is 43.9 Å². The molecule has 1 radical (unpaired) electrons. The van der Waals surface area contributed by atoms with Gasteiger partial charge in [0, 0.05) is 55.4 Å². The van der Waals surface area contributed by atoms with E-state index < -0.39 is 18.6 Å². The summed E-state index contributed by atoms with van der Waals surface area (Å²) in [5, 5.41) is 2.18. The number of hydrogen-bond acceptors (Lipinski definition) is 3. The monoisotopic (exact) mass is 869 g/mol. The van der Waals surface area contributed by atoms with Crippen LogP contribution < -0.4 is 0 Å². The van der Waals surface area contributed by atoms with Crippen LogP contribution in [0.4, 0.5) is 0 Å². The molecule has 0 bridgehead atoms. The Hall–Kier alpha value is -5.61. The van der Waals surface area contributed by atoms with Crippen LogP contribution in [0.2, 0.25) is 0 Å². The zero-order valence-corrected chi connectivity index (χ0v) is 31.8. The third-order valence-corrected chi connectivity index (χ3v) is 9.29. The molecule has 53 heavy (non-hydrogen) atoms. The first-order chi connectivity index (χ1) is 27.3. The number of nitrogens with zero attached hydrogens (tertiary/aromatic N) is 3. The van der Waals surface area contributed by atoms with Crippen molar-refractivity contribution in [2.75, 3.05) is 0 Å². The summed E-state index contributed by atoms with van der Waals surface area (Å²) in [5.74, 6) is 0.840. The van der Waals surface area contributed by atoms with Crippen molar-refractivity contribution in [2.24, 2.45) is 5.41 Å². The molecule has 4 heterocycles. The van der Waals surface area contributed by atoms with Crippen LogP contribution in [0.15, 0.2) is 144 Å². The summed E-state index contributed by atoms with van der Waals surface area (Å²) in [6.45, 7) is 2.85. The summed E-state index contributed by atoms with van der Waals surface area (Å²) in [7, 11) is 0. The third-order valence-electron chi connectivity index (χ3n) is 9.29. The van der Waals surface area contributed by atoms with Crippen LogP contribution in [-0.4, -0.2) is 14.5 Å². The van der Waals surface area contributed by atoms with Gasteiger partial charge in [-0.15, -0.1) is 54.1 Å². The Kier molecular flexibility index (Phi) is 7.50. The zero-order chi connectivity index (χ0) is 39.7. The maximum absolute atomic E-state index is 8.48. The van der Waals surface area contributed by atoms with Gasteiger partial charge in [-0.2, -0.15) is 0 Å². The molecule has 0 saturated heterocycles. The molecule has 10 rings (SSSR count). The summed E-state index contributed by atoms with van der Waals surface area (Å²) in [5.41, 5.74) is 11.1. The molecule has 0 unspecified atom stereocenters. The Balaban J connectivity index is 0.000000173. The third kappa shape index (κ3) is 6.20. The van der Waals surface area contributed by atoms with Crippen LogP contribution in [0.5, 0.6) is 0 Å². The van der Waals surface area contributed by atoms with Gasteiger partial charge in [0.1, 0.15) is 5.58 Å². The minimum absolute atomic E-state index is 0. The van der Waals surface area contributed by atoms with Gasteiger partial charge < -0.3 is 14.0 Å². The van der Waals surface area contributed by atoms with E-state index in [9.17, 15) is 0 Å². The first-order valence-corrected chi connectivity index (χ1v) is 17.3. The standard InChI is InChI=1S/C31H17N2O.C17H20N.Ir/c1-2-10-20-19(9-1)21-11-3-5-17-27(21)33-29-23(20)13-8-16-26(29)32-31(33)25-15-7-14-24-22-12-4-6-18-28(22)34-30(24)25;1-13-12-18-16(14-8-6-5-7-9-14)10-15(13)11-17(2,3)4;/h1-14,16-18H;5-8,10,12H,11H2,1-4H3;/q2*-1;/i;1D3,11D2;. The molecule has 0 atom stereocenters. The van der Waals surface area contributed by atoms with E-state index in [0.29, 0.717) is 11.3 Å². The van der Waals surface area contributed by atoms with E-state index >= 15 is 0 Å². The molecule has 3 aromatic heterocycles. The quantitative estimate of drug-likeness (QED) is 0.166. The van der Waals surface area contributed by atoms with Gasteiger partial charge in [0.2, 0.25) is 0 Å². The van der Waals surface area contributed by atoms with Crippen LogP contribution >= 0.6 is 0 Å². The maximum Gasteiger partial charge on any atom is 0.120 e. The molecule has 0 spiro atoms. The van der Waals surface area contributed by atoms with Gasteiger partial charge in [-0.1, -0.05) is 116 Å². The molecule has 0 saturated carbocycles. The van der Waals surface area contributed by atoms with Gasteiger partial charge in [0.05, 0.1) is 22.4 Å². The smallest absolute Gasteiger partial charge is 0.120 e. The Bertz CT molecular complexity index is 2980. The van der Waals surface area contributed by atoms with Crippen LogP contribution in [0.1, 0.15) is 38.8 Å². The fourth-order valence-electron chi connectivity index (χ4n) is 7.11. The molecule has 0 amide bonds. The number of fused-ring (bicyclic) bond motifs is 8. The summed E-state index contributed by atoms with van der Waals surface area (Å²) >= 11 is 0. The number of rotatable bonds is 3. The number of aryl methyl sites for hydroxylation is 1. The zero-order valence-electron chi connectivity index (χ0n) is 34.4. The van der Waals surface area contributed by atoms with Crippen molar-refractivity contribution in [2.45, 2.75) is 34.0 Å². The number of benzene rings is 6. The second-order valence-corrected chi connectivity index (χ2v) is 14.0. The van der Waals surface area contributed by atoms with Crippen LogP contribution in [0.3, 0.4) is 0 Å². The van der Waals surface area contributed by atoms with Crippen molar-refractivity contribution in [3.8, 4) is 50.6 Å². The van der Waals surface area contributed by atoms with E-state index in [1.807, 2.05) is 42.5 Å². The van der Waals surface area contributed by atoms with Gasteiger partial charge in [-0.25, -0.2) is 0 Å². The van der Waals surface area contributed by atoms with Crippen molar-refractivity contribution in [1.29, 1.82) is 0 Å². The van der Waals surface area contributed by atoms with E-state index in [4.69, 9.17) is 16.3 Å². The molecule has 1 aliphatic heterocycles. The van der Waals surface area contributed by atoms with E-state index in [2.05, 4.69) is 101 Å². The predicted octanol–water partition coefficient (Wildman–Crippen LogP) is 12.5. The number of imidazole rings is 1. The van der Waals surface area contributed by atoms with E-state index in [1.54, 1.807) is 32.9 Å². The molecule has 5 heteroatoms.